The van der Waals surface area contributed by atoms with Crippen molar-refractivity contribution in [3.8, 4) is 0 Å². The molecule has 0 aromatic carbocycles. The van der Waals surface area contributed by atoms with Crippen molar-refractivity contribution in [1.29, 1.82) is 0 Å². The van der Waals surface area contributed by atoms with Gasteiger partial charge in [-0.25, -0.2) is 18.6 Å². The van der Waals surface area contributed by atoms with Crippen LogP contribution in [0.3, 0.4) is 0 Å². The number of ether oxygens (including phenoxy) is 3. The van der Waals surface area contributed by atoms with Crippen LogP contribution in [0, 0.1) is 11.8 Å². The SMILES string of the molecule is CC1=CC(Nc2cc(C(F)F)ccn2)(C(C)(O)[C@H]2CC[C@H](C(=O)OCOC(=O)OC(C)C)CC2)NC(c2cccnc2)=C1. The van der Waals surface area contributed by atoms with Gasteiger partial charge in [0.05, 0.1) is 12.0 Å². The molecule has 12 heteroatoms. The van der Waals surface area contributed by atoms with Crippen molar-refractivity contribution in [1.82, 2.24) is 15.3 Å². The van der Waals surface area contributed by atoms with E-state index in [0.717, 1.165) is 11.1 Å². The number of aromatic nitrogens is 2. The first kappa shape index (κ1) is 31.9. The number of nitrogens with zero attached hydrogens (tertiary/aromatic N) is 2. The van der Waals surface area contributed by atoms with Crippen molar-refractivity contribution < 1.29 is 37.7 Å². The van der Waals surface area contributed by atoms with Crippen LogP contribution in [0.1, 0.15) is 70.9 Å². The van der Waals surface area contributed by atoms with Crippen molar-refractivity contribution in [2.24, 2.45) is 11.8 Å². The largest absolute Gasteiger partial charge is 0.511 e. The van der Waals surface area contributed by atoms with E-state index < -0.39 is 42.5 Å². The molecule has 0 saturated heterocycles. The third-order valence-electron chi connectivity index (χ3n) is 7.85. The highest BCUT2D eigenvalue weighted by molar-refractivity contribution is 5.73. The Morgan fingerprint density at radius 1 is 1.19 bits per heavy atom. The Bertz CT molecular complexity index is 1340. The van der Waals surface area contributed by atoms with E-state index in [0.29, 0.717) is 31.4 Å². The van der Waals surface area contributed by atoms with Crippen molar-refractivity contribution in [3.63, 3.8) is 0 Å². The molecule has 10 nitrogen and oxygen atoms in total. The highest BCUT2D eigenvalue weighted by Gasteiger charge is 2.53. The number of pyridine rings is 2. The Hall–Kier alpha value is -4.06. The summed E-state index contributed by atoms with van der Waals surface area (Å²) in [6, 6.07) is 6.19. The maximum absolute atomic E-state index is 13.5. The van der Waals surface area contributed by atoms with Gasteiger partial charge in [0.25, 0.3) is 6.43 Å². The van der Waals surface area contributed by atoms with Gasteiger partial charge in [-0.3, -0.25) is 9.78 Å². The molecule has 0 amide bonds. The molecule has 1 fully saturated rings. The highest BCUT2D eigenvalue weighted by atomic mass is 19.3. The number of anilines is 1. The smallest absolute Gasteiger partial charge is 0.431 e. The van der Waals surface area contributed by atoms with Gasteiger partial charge in [0.2, 0.25) is 6.79 Å². The lowest BCUT2D eigenvalue weighted by molar-refractivity contribution is -0.161. The van der Waals surface area contributed by atoms with Crippen molar-refractivity contribution in [2.75, 3.05) is 12.1 Å². The molecule has 1 saturated carbocycles. The third-order valence-corrected chi connectivity index (χ3v) is 7.85. The lowest BCUT2D eigenvalue weighted by atomic mass is 9.68. The molecular formula is C31H38F2N4O6. The first-order valence-corrected chi connectivity index (χ1v) is 14.2. The summed E-state index contributed by atoms with van der Waals surface area (Å²) in [7, 11) is 0. The second-order valence-electron chi connectivity index (χ2n) is 11.4. The summed E-state index contributed by atoms with van der Waals surface area (Å²) < 4.78 is 41.9. The van der Waals surface area contributed by atoms with Crippen LogP contribution in [0.25, 0.3) is 5.70 Å². The van der Waals surface area contributed by atoms with E-state index in [1.54, 1.807) is 39.2 Å². The Morgan fingerprint density at radius 3 is 2.58 bits per heavy atom. The summed E-state index contributed by atoms with van der Waals surface area (Å²) >= 11 is 0. The van der Waals surface area contributed by atoms with E-state index >= 15 is 0 Å². The van der Waals surface area contributed by atoms with Gasteiger partial charge in [0.15, 0.2) is 5.66 Å². The van der Waals surface area contributed by atoms with Gasteiger partial charge in [-0.05, 0) is 101 Å². The molecule has 0 radical (unpaired) electrons. The van der Waals surface area contributed by atoms with Crippen LogP contribution in [0.2, 0.25) is 0 Å². The first-order valence-electron chi connectivity index (χ1n) is 14.2. The average Bonchev–Trinajstić information content (AvgIpc) is 2.97. The Labute approximate surface area is 249 Å². The minimum absolute atomic E-state index is 0.162. The topological polar surface area (TPSA) is 132 Å². The number of halogens is 2. The van der Waals surface area contributed by atoms with Crippen LogP contribution in [-0.4, -0.2) is 51.4 Å². The zero-order chi connectivity index (χ0) is 31.2. The maximum atomic E-state index is 13.5. The number of hydrogen-bond donors (Lipinski definition) is 3. The zero-order valence-electron chi connectivity index (χ0n) is 24.7. The maximum Gasteiger partial charge on any atom is 0.511 e. The summed E-state index contributed by atoms with van der Waals surface area (Å²) in [4.78, 5) is 32.7. The van der Waals surface area contributed by atoms with Gasteiger partial charge >= 0.3 is 12.1 Å². The first-order chi connectivity index (χ1) is 20.4. The number of esters is 1. The average molecular weight is 601 g/mol. The van der Waals surface area contributed by atoms with Gasteiger partial charge in [-0.15, -0.1) is 0 Å². The van der Waals surface area contributed by atoms with Gasteiger partial charge in [0.1, 0.15) is 11.4 Å². The van der Waals surface area contributed by atoms with Gasteiger partial charge in [-0.2, -0.15) is 0 Å². The molecular weight excluding hydrogens is 562 g/mol. The molecule has 43 heavy (non-hydrogen) atoms. The summed E-state index contributed by atoms with van der Waals surface area (Å²) in [5.74, 6) is -1.09. The number of aliphatic hydroxyl groups is 1. The second kappa shape index (κ2) is 13.5. The van der Waals surface area contributed by atoms with Crippen LogP contribution >= 0.6 is 0 Å². The highest BCUT2D eigenvalue weighted by Crippen LogP contribution is 2.44. The monoisotopic (exact) mass is 600 g/mol. The van der Waals surface area contributed by atoms with E-state index in [1.165, 1.54) is 18.3 Å². The van der Waals surface area contributed by atoms with Crippen molar-refractivity contribution in [2.45, 2.75) is 77.2 Å². The van der Waals surface area contributed by atoms with Gasteiger partial charge < -0.3 is 30.0 Å². The van der Waals surface area contributed by atoms with E-state index in [1.807, 2.05) is 25.1 Å². The summed E-state index contributed by atoms with van der Waals surface area (Å²) in [6.45, 7) is 6.38. The fourth-order valence-corrected chi connectivity index (χ4v) is 5.59. The Morgan fingerprint density at radius 2 is 1.93 bits per heavy atom. The molecule has 2 aliphatic rings. The molecule has 2 aromatic heterocycles. The predicted molar refractivity (Wildman–Crippen MR) is 154 cm³/mol. The molecule has 2 aromatic rings. The van der Waals surface area contributed by atoms with Crippen molar-refractivity contribution >= 4 is 23.6 Å². The van der Waals surface area contributed by atoms with Crippen LogP contribution in [0.4, 0.5) is 19.4 Å². The lowest BCUT2D eigenvalue weighted by Crippen LogP contribution is -2.68. The lowest BCUT2D eigenvalue weighted by Gasteiger charge is -2.52. The number of nitrogens with one attached hydrogen (secondary N) is 2. The minimum atomic E-state index is -2.69. The quantitative estimate of drug-likeness (QED) is 0.229. The number of carbonyl (C=O) groups is 2. The number of rotatable bonds is 10. The van der Waals surface area contributed by atoms with Gasteiger partial charge in [-0.1, -0.05) is 0 Å². The number of carbonyl (C=O) groups excluding carboxylic acids is 2. The summed E-state index contributed by atoms with van der Waals surface area (Å²) in [5.41, 5.74) is -0.794. The van der Waals surface area contributed by atoms with E-state index in [-0.39, 0.29) is 23.4 Å². The Kier molecular flexibility index (Phi) is 10.0. The molecule has 4 rings (SSSR count). The number of hydrogen-bond acceptors (Lipinski definition) is 10. The predicted octanol–water partition coefficient (Wildman–Crippen LogP) is 5.73. The number of dihydropyridines is 1. The Balaban J connectivity index is 1.54. The molecule has 3 heterocycles. The van der Waals surface area contributed by atoms with Crippen LogP contribution in [0.15, 0.2) is 60.6 Å². The van der Waals surface area contributed by atoms with Crippen LogP contribution < -0.4 is 10.6 Å². The fraction of sp³-hybridized carbons (Fsp3) is 0.484. The molecule has 3 N–H and O–H groups in total. The standard InChI is InChI=1S/C31H38F2N4O6/c1-19(2)43-29(39)42-18-41-28(38)21-7-9-24(10-8-21)30(4,40)31(37-26-15-22(27(32)33)11-13-35-26)16-20(3)14-25(36-31)23-6-5-12-34-17-23/h5-6,11-17,19,21,24,27,36,40H,7-10,18H2,1-4H3,(H,35,37)/t21-,24-,30?,31?. The van der Waals surface area contributed by atoms with E-state index in [2.05, 4.69) is 20.6 Å². The fourth-order valence-electron chi connectivity index (χ4n) is 5.59. The molecule has 1 aliphatic carbocycles. The minimum Gasteiger partial charge on any atom is -0.431 e. The molecule has 2 atom stereocenters. The number of allylic oxidation sites excluding steroid dienone is 2. The molecule has 232 valence electrons. The van der Waals surface area contributed by atoms with Crippen LogP contribution in [-0.2, 0) is 19.0 Å². The molecule has 1 aliphatic heterocycles. The summed E-state index contributed by atoms with van der Waals surface area (Å²) in [5, 5.41) is 19.0. The third kappa shape index (κ3) is 7.67. The molecule has 0 spiro atoms. The van der Waals surface area contributed by atoms with Gasteiger partial charge in [0, 0.05) is 35.4 Å². The zero-order valence-corrected chi connectivity index (χ0v) is 24.7. The number of alkyl halides is 2. The molecule has 0 bridgehead atoms. The second-order valence-corrected chi connectivity index (χ2v) is 11.4. The van der Waals surface area contributed by atoms with E-state index in [9.17, 15) is 23.5 Å². The van der Waals surface area contributed by atoms with Crippen LogP contribution in [0.5, 0.6) is 0 Å². The normalized spacial score (nSPS) is 23.4. The molecule has 2 unspecified atom stereocenters. The summed E-state index contributed by atoms with van der Waals surface area (Å²) in [6.07, 6.45) is 6.22. The van der Waals surface area contributed by atoms with E-state index in [4.69, 9.17) is 14.2 Å². The van der Waals surface area contributed by atoms with Crippen molar-refractivity contribution in [3.05, 3.63) is 71.7 Å².